The molecule has 2 N–H and O–H groups in total. The van der Waals surface area contributed by atoms with Crippen LogP contribution in [0, 0.1) is 0 Å². The van der Waals surface area contributed by atoms with Crippen molar-refractivity contribution < 1.29 is 4.52 Å². The van der Waals surface area contributed by atoms with Gasteiger partial charge in [0.05, 0.1) is 10.2 Å². The van der Waals surface area contributed by atoms with E-state index in [0.29, 0.717) is 16.8 Å². The molecule has 0 saturated heterocycles. The fourth-order valence-corrected chi connectivity index (χ4v) is 2.81. The van der Waals surface area contributed by atoms with Gasteiger partial charge in [0.25, 0.3) is 5.89 Å². The van der Waals surface area contributed by atoms with Crippen LogP contribution in [0.25, 0.3) is 33.1 Å². The molecule has 3 heterocycles. The van der Waals surface area contributed by atoms with E-state index >= 15 is 0 Å². The molecule has 7 heteroatoms. The average Bonchev–Trinajstić information content (AvgIpc) is 3.12. The summed E-state index contributed by atoms with van der Waals surface area (Å²) in [7, 11) is 0. The van der Waals surface area contributed by atoms with Crippen molar-refractivity contribution in [2.75, 3.05) is 5.73 Å². The third kappa shape index (κ3) is 2.13. The largest absolute Gasteiger partial charge is 0.375 e. The second kappa shape index (κ2) is 4.64. The molecule has 0 aliphatic carbocycles. The number of thiazole rings is 1. The fourth-order valence-electron chi connectivity index (χ4n) is 2.03. The molecule has 0 unspecified atom stereocenters. The zero-order chi connectivity index (χ0) is 14.2. The number of aromatic nitrogens is 4. The summed E-state index contributed by atoms with van der Waals surface area (Å²) in [6.07, 6.45) is 3.38. The van der Waals surface area contributed by atoms with Crippen molar-refractivity contribution in [3.8, 4) is 22.8 Å². The molecule has 0 aliphatic rings. The van der Waals surface area contributed by atoms with Crippen LogP contribution in [0.2, 0.25) is 0 Å². The Balaban J connectivity index is 1.77. The van der Waals surface area contributed by atoms with Gasteiger partial charge >= 0.3 is 0 Å². The number of nitrogens with zero attached hydrogens (tertiary/aromatic N) is 4. The summed E-state index contributed by atoms with van der Waals surface area (Å²) in [5.41, 5.74) is 8.29. The van der Waals surface area contributed by atoms with E-state index in [-0.39, 0.29) is 0 Å². The smallest absolute Gasteiger partial charge is 0.258 e. The van der Waals surface area contributed by atoms with Crippen molar-refractivity contribution in [1.82, 2.24) is 20.1 Å². The van der Waals surface area contributed by atoms with Crippen LogP contribution in [0.3, 0.4) is 0 Å². The van der Waals surface area contributed by atoms with E-state index in [2.05, 4.69) is 20.1 Å². The molecule has 0 fully saturated rings. The van der Waals surface area contributed by atoms with E-state index in [1.807, 2.05) is 30.3 Å². The zero-order valence-corrected chi connectivity index (χ0v) is 11.5. The fraction of sp³-hybridized carbons (Fsp3) is 0. The number of nitrogen functional groups attached to an aromatic ring is 1. The van der Waals surface area contributed by atoms with Crippen molar-refractivity contribution in [3.63, 3.8) is 0 Å². The van der Waals surface area contributed by atoms with E-state index in [9.17, 15) is 0 Å². The van der Waals surface area contributed by atoms with Crippen molar-refractivity contribution in [2.24, 2.45) is 0 Å². The third-order valence-corrected chi connectivity index (χ3v) is 3.86. The van der Waals surface area contributed by atoms with Gasteiger partial charge in [0.2, 0.25) is 5.82 Å². The molecule has 102 valence electrons. The van der Waals surface area contributed by atoms with Crippen LogP contribution in [0.15, 0.2) is 47.2 Å². The standard InChI is InChI=1S/C14H9N5OS/c15-14-17-10-2-1-9(7-11(10)21-14)13-18-12(19-20-13)8-3-5-16-6-4-8/h1-7H,(H2,15,17). The molecule has 6 nitrogen and oxygen atoms in total. The van der Waals surface area contributed by atoms with Crippen molar-refractivity contribution >= 4 is 26.7 Å². The van der Waals surface area contributed by atoms with Gasteiger partial charge in [0.15, 0.2) is 5.13 Å². The molecule has 0 atom stereocenters. The molecule has 0 spiro atoms. The van der Waals surface area contributed by atoms with E-state index in [1.54, 1.807) is 12.4 Å². The van der Waals surface area contributed by atoms with Crippen LogP contribution in [-0.2, 0) is 0 Å². The van der Waals surface area contributed by atoms with Gasteiger partial charge in [0, 0.05) is 23.5 Å². The van der Waals surface area contributed by atoms with Crippen LogP contribution < -0.4 is 5.73 Å². The number of nitrogens with two attached hydrogens (primary N) is 1. The lowest BCUT2D eigenvalue weighted by molar-refractivity contribution is 0.432. The summed E-state index contributed by atoms with van der Waals surface area (Å²) in [6.45, 7) is 0. The number of anilines is 1. The number of rotatable bonds is 2. The van der Waals surface area contributed by atoms with Crippen molar-refractivity contribution in [1.29, 1.82) is 0 Å². The highest BCUT2D eigenvalue weighted by molar-refractivity contribution is 7.22. The first-order valence-electron chi connectivity index (χ1n) is 6.20. The minimum Gasteiger partial charge on any atom is -0.375 e. The van der Waals surface area contributed by atoms with Gasteiger partial charge in [-0.25, -0.2) is 4.98 Å². The summed E-state index contributed by atoms with van der Waals surface area (Å²) in [5.74, 6) is 1.01. The Morgan fingerprint density at radius 1 is 1.00 bits per heavy atom. The molecule has 4 rings (SSSR count). The lowest BCUT2D eigenvalue weighted by atomic mass is 10.2. The Bertz CT molecular complexity index is 915. The number of fused-ring (bicyclic) bond motifs is 1. The minimum atomic E-state index is 0.468. The molecule has 0 aliphatic heterocycles. The SMILES string of the molecule is Nc1nc2ccc(-c3nc(-c4ccncc4)no3)cc2s1. The molecule has 0 saturated carbocycles. The Morgan fingerprint density at radius 3 is 2.71 bits per heavy atom. The lowest BCUT2D eigenvalue weighted by Crippen LogP contribution is -1.81. The second-order valence-electron chi connectivity index (χ2n) is 4.39. The molecule has 21 heavy (non-hydrogen) atoms. The molecule has 0 amide bonds. The Morgan fingerprint density at radius 2 is 1.86 bits per heavy atom. The van der Waals surface area contributed by atoms with Crippen LogP contribution in [-0.4, -0.2) is 20.1 Å². The van der Waals surface area contributed by atoms with E-state index in [1.165, 1.54) is 11.3 Å². The average molecular weight is 295 g/mol. The quantitative estimate of drug-likeness (QED) is 0.611. The Hall–Kier alpha value is -2.80. The molecular weight excluding hydrogens is 286 g/mol. The second-order valence-corrected chi connectivity index (χ2v) is 5.46. The van der Waals surface area contributed by atoms with Gasteiger partial charge in [-0.05, 0) is 30.3 Å². The van der Waals surface area contributed by atoms with E-state index in [0.717, 1.165) is 21.3 Å². The highest BCUT2D eigenvalue weighted by Crippen LogP contribution is 2.29. The monoisotopic (exact) mass is 295 g/mol. The first-order valence-corrected chi connectivity index (χ1v) is 7.02. The van der Waals surface area contributed by atoms with Gasteiger partial charge in [-0.1, -0.05) is 16.5 Å². The van der Waals surface area contributed by atoms with Gasteiger partial charge in [-0.3, -0.25) is 4.98 Å². The first kappa shape index (κ1) is 12.0. The Kier molecular flexibility index (Phi) is 2.65. The van der Waals surface area contributed by atoms with Crippen molar-refractivity contribution in [3.05, 3.63) is 42.7 Å². The molecule has 0 radical (unpaired) electrons. The predicted octanol–water partition coefficient (Wildman–Crippen LogP) is 2.99. The van der Waals surface area contributed by atoms with Gasteiger partial charge in [0.1, 0.15) is 0 Å². The summed E-state index contributed by atoms with van der Waals surface area (Å²) >= 11 is 1.43. The van der Waals surface area contributed by atoms with Crippen LogP contribution in [0.5, 0.6) is 0 Å². The van der Waals surface area contributed by atoms with Crippen LogP contribution >= 0.6 is 11.3 Å². The number of benzene rings is 1. The number of pyridine rings is 1. The van der Waals surface area contributed by atoms with E-state index in [4.69, 9.17) is 10.3 Å². The molecule has 4 aromatic rings. The van der Waals surface area contributed by atoms with Gasteiger partial charge in [-0.2, -0.15) is 4.98 Å². The van der Waals surface area contributed by atoms with Gasteiger partial charge < -0.3 is 10.3 Å². The highest BCUT2D eigenvalue weighted by Gasteiger charge is 2.12. The predicted molar refractivity (Wildman–Crippen MR) is 80.6 cm³/mol. The third-order valence-electron chi connectivity index (χ3n) is 3.02. The molecule has 3 aromatic heterocycles. The maximum absolute atomic E-state index is 5.71. The topological polar surface area (TPSA) is 90.7 Å². The molecule has 0 bridgehead atoms. The molecule has 1 aromatic carbocycles. The number of hydrogen-bond donors (Lipinski definition) is 1. The summed E-state index contributed by atoms with van der Waals surface area (Å²) in [4.78, 5) is 12.6. The number of hydrogen-bond acceptors (Lipinski definition) is 7. The highest BCUT2D eigenvalue weighted by atomic mass is 32.1. The normalized spacial score (nSPS) is 11.0. The molecular formula is C14H9N5OS. The first-order chi connectivity index (χ1) is 10.3. The van der Waals surface area contributed by atoms with E-state index < -0.39 is 0 Å². The maximum atomic E-state index is 5.71. The zero-order valence-electron chi connectivity index (χ0n) is 10.7. The summed E-state index contributed by atoms with van der Waals surface area (Å²) in [5, 5.41) is 4.54. The van der Waals surface area contributed by atoms with Crippen LogP contribution in [0.1, 0.15) is 0 Å². The summed E-state index contributed by atoms with van der Waals surface area (Å²) < 4.78 is 6.33. The van der Waals surface area contributed by atoms with Gasteiger partial charge in [-0.15, -0.1) is 0 Å². The maximum Gasteiger partial charge on any atom is 0.258 e. The summed E-state index contributed by atoms with van der Waals surface area (Å²) in [6, 6.07) is 9.41. The van der Waals surface area contributed by atoms with Crippen molar-refractivity contribution in [2.45, 2.75) is 0 Å². The Labute approximate surface area is 123 Å². The lowest BCUT2D eigenvalue weighted by Gasteiger charge is -1.93. The minimum absolute atomic E-state index is 0.468. The van der Waals surface area contributed by atoms with Crippen LogP contribution in [0.4, 0.5) is 5.13 Å².